The van der Waals surface area contributed by atoms with Gasteiger partial charge in [0.05, 0.1) is 19.6 Å². The fourth-order valence-corrected chi connectivity index (χ4v) is 5.07. The highest BCUT2D eigenvalue weighted by atomic mass is 35.5. The summed E-state index contributed by atoms with van der Waals surface area (Å²) in [6, 6.07) is 13.6. The first kappa shape index (κ1) is 27.3. The average Bonchev–Trinajstić information content (AvgIpc) is 2.87. The van der Waals surface area contributed by atoms with Gasteiger partial charge >= 0.3 is 0 Å². The van der Waals surface area contributed by atoms with Crippen molar-refractivity contribution in [1.29, 1.82) is 0 Å². The van der Waals surface area contributed by atoms with Crippen LogP contribution in [0.2, 0.25) is 0 Å². The van der Waals surface area contributed by atoms with Gasteiger partial charge in [0.1, 0.15) is 30.1 Å². The monoisotopic (exact) mass is 504 g/mol. The zero-order valence-electron chi connectivity index (χ0n) is 20.6. The van der Waals surface area contributed by atoms with Crippen molar-refractivity contribution in [3.05, 3.63) is 53.6 Å². The van der Waals surface area contributed by atoms with E-state index < -0.39 is 5.54 Å². The van der Waals surface area contributed by atoms with Crippen molar-refractivity contribution in [3.8, 4) is 17.2 Å². The highest BCUT2D eigenvalue weighted by molar-refractivity contribution is 6.21. The molecule has 2 aromatic carbocycles. The van der Waals surface area contributed by atoms with Gasteiger partial charge in [-0.25, -0.2) is 0 Å². The van der Waals surface area contributed by atoms with Crippen LogP contribution < -0.4 is 19.9 Å². The van der Waals surface area contributed by atoms with Gasteiger partial charge < -0.3 is 29.8 Å². The van der Waals surface area contributed by atoms with E-state index in [4.69, 9.17) is 31.5 Å². The number of carbonyl (C=O) groups excluding carboxylic acids is 1. The molecule has 1 fully saturated rings. The minimum Gasteiger partial charge on any atom is -0.497 e. The molecule has 0 radical (unpaired) electrons. The molecule has 1 aliphatic heterocycles. The number of rotatable bonds is 13. The lowest BCUT2D eigenvalue weighted by Crippen LogP contribution is -2.60. The lowest BCUT2D eigenvalue weighted by atomic mass is 9.78. The van der Waals surface area contributed by atoms with Crippen LogP contribution in [0.25, 0.3) is 0 Å². The summed E-state index contributed by atoms with van der Waals surface area (Å²) in [6.07, 6.45) is 4.27. The van der Waals surface area contributed by atoms with E-state index >= 15 is 0 Å². The third-order valence-corrected chi connectivity index (χ3v) is 7.28. The second-order valence-electron chi connectivity index (χ2n) is 9.10. The van der Waals surface area contributed by atoms with Gasteiger partial charge in [-0.2, -0.15) is 0 Å². The van der Waals surface area contributed by atoms with Gasteiger partial charge in [-0.05, 0) is 56.0 Å². The second kappa shape index (κ2) is 13.1. The summed E-state index contributed by atoms with van der Waals surface area (Å²) < 4.78 is 17.1. The number of alkyl halides is 1. The Hall–Kier alpha value is -2.32. The molecule has 8 heteroatoms. The van der Waals surface area contributed by atoms with Crippen LogP contribution in [0.15, 0.2) is 42.5 Å². The highest BCUT2D eigenvalue weighted by Gasteiger charge is 2.44. The van der Waals surface area contributed by atoms with E-state index in [0.29, 0.717) is 43.9 Å². The van der Waals surface area contributed by atoms with Gasteiger partial charge in [0.25, 0.3) is 0 Å². The molecule has 0 spiro atoms. The molecule has 3 N–H and O–H groups in total. The van der Waals surface area contributed by atoms with Crippen LogP contribution in [0.5, 0.6) is 17.2 Å². The minimum absolute atomic E-state index is 0.0123. The number of hydrogen-bond acceptors (Lipinski definition) is 7. The molecular weight excluding hydrogens is 468 g/mol. The standard InChI is InChI=1S/C27H37ClN2O5/c1-33-21-14-20(15-22(16-21)34-2)19-35-25-9-5-4-8-23(25)24-17-27(29,10-13-32)26(28)18-30(24)11-6-3-7-12-31/h4-5,8-9,12,14-16,24,26,32H,3,6-7,10-11,13,17-19,29H2,1-2H3. The van der Waals surface area contributed by atoms with E-state index in [2.05, 4.69) is 11.0 Å². The first-order valence-electron chi connectivity index (χ1n) is 12.1. The molecular formula is C27H37ClN2O5. The number of hydrogen-bond donors (Lipinski definition) is 2. The van der Waals surface area contributed by atoms with Crippen molar-refractivity contribution in [2.24, 2.45) is 5.73 Å². The van der Waals surface area contributed by atoms with Crippen molar-refractivity contribution in [2.45, 2.75) is 55.7 Å². The van der Waals surface area contributed by atoms with Gasteiger partial charge in [-0.15, -0.1) is 11.6 Å². The number of halogens is 1. The summed E-state index contributed by atoms with van der Waals surface area (Å²) in [7, 11) is 3.24. The molecule has 1 saturated heterocycles. The molecule has 1 aliphatic rings. The van der Waals surface area contributed by atoms with E-state index in [1.807, 2.05) is 36.4 Å². The Kier molecular flexibility index (Phi) is 10.2. The second-order valence-corrected chi connectivity index (χ2v) is 9.63. The number of nitrogens with zero attached hydrogens (tertiary/aromatic N) is 1. The quantitative estimate of drug-likeness (QED) is 0.241. The van der Waals surface area contributed by atoms with Crippen LogP contribution in [0, 0.1) is 0 Å². The Morgan fingerprint density at radius 3 is 2.54 bits per heavy atom. The maximum absolute atomic E-state index is 10.8. The number of piperidine rings is 1. The predicted molar refractivity (Wildman–Crippen MR) is 137 cm³/mol. The smallest absolute Gasteiger partial charge is 0.124 e. The number of benzene rings is 2. The third-order valence-electron chi connectivity index (χ3n) is 6.71. The number of carbonyl (C=O) groups is 1. The predicted octanol–water partition coefficient (Wildman–Crippen LogP) is 4.09. The minimum atomic E-state index is -0.687. The molecule has 3 atom stereocenters. The number of ether oxygens (including phenoxy) is 3. The molecule has 7 nitrogen and oxygen atoms in total. The summed E-state index contributed by atoms with van der Waals surface area (Å²) in [6.45, 7) is 1.74. The van der Waals surface area contributed by atoms with Crippen LogP contribution in [-0.4, -0.2) is 61.1 Å². The van der Waals surface area contributed by atoms with Crippen molar-refractivity contribution in [3.63, 3.8) is 0 Å². The largest absolute Gasteiger partial charge is 0.497 e. The Labute approximate surface area is 213 Å². The number of aliphatic hydroxyl groups is 1. The van der Waals surface area contributed by atoms with Gasteiger partial charge in [0.15, 0.2) is 0 Å². The maximum Gasteiger partial charge on any atom is 0.124 e. The van der Waals surface area contributed by atoms with Crippen LogP contribution in [0.3, 0.4) is 0 Å². The van der Waals surface area contributed by atoms with Gasteiger partial charge in [-0.3, -0.25) is 4.90 Å². The van der Waals surface area contributed by atoms with Crippen molar-refractivity contribution in [1.82, 2.24) is 4.90 Å². The molecule has 2 aromatic rings. The zero-order chi connectivity index (χ0) is 25.3. The molecule has 3 unspecified atom stereocenters. The van der Waals surface area contributed by atoms with E-state index in [1.165, 1.54) is 0 Å². The number of likely N-dealkylation sites (tertiary alicyclic amines) is 1. The van der Waals surface area contributed by atoms with Crippen LogP contribution in [0.4, 0.5) is 0 Å². The Bertz CT molecular complexity index is 937. The first-order valence-corrected chi connectivity index (χ1v) is 12.5. The Morgan fingerprint density at radius 2 is 1.89 bits per heavy atom. The first-order chi connectivity index (χ1) is 16.9. The molecule has 0 aliphatic carbocycles. The molecule has 3 rings (SSSR count). The number of methoxy groups -OCH3 is 2. The lowest BCUT2D eigenvalue weighted by Gasteiger charge is -2.48. The molecule has 192 valence electrons. The molecule has 0 aromatic heterocycles. The SMILES string of the molecule is COc1cc(COc2ccccc2C2CC(N)(CCO)C(Cl)CN2CCCCC=O)cc(OC)c1. The van der Waals surface area contributed by atoms with Crippen molar-refractivity contribution >= 4 is 17.9 Å². The summed E-state index contributed by atoms with van der Waals surface area (Å²) in [4.78, 5) is 13.1. The van der Waals surface area contributed by atoms with Gasteiger partial charge in [0.2, 0.25) is 0 Å². The Balaban J connectivity index is 1.85. The number of nitrogens with two attached hydrogens (primary N) is 1. The van der Waals surface area contributed by atoms with Crippen molar-refractivity contribution in [2.75, 3.05) is 33.9 Å². The summed E-state index contributed by atoms with van der Waals surface area (Å²) in [5.41, 5.74) is 8.00. The topological polar surface area (TPSA) is 94.3 Å². The summed E-state index contributed by atoms with van der Waals surface area (Å²) in [5, 5.41) is 9.36. The highest BCUT2D eigenvalue weighted by Crippen LogP contribution is 2.42. The summed E-state index contributed by atoms with van der Waals surface area (Å²) >= 11 is 6.74. The number of para-hydroxylation sites is 1. The number of unbranched alkanes of at least 4 members (excludes halogenated alkanes) is 2. The molecule has 0 bridgehead atoms. The molecule has 35 heavy (non-hydrogen) atoms. The van der Waals surface area contributed by atoms with Gasteiger partial charge in [0, 0.05) is 42.8 Å². The molecule has 0 amide bonds. The fraction of sp³-hybridized carbons (Fsp3) is 0.519. The molecule has 0 saturated carbocycles. The number of aliphatic hydroxyl groups excluding tert-OH is 1. The van der Waals surface area contributed by atoms with Crippen LogP contribution >= 0.6 is 11.6 Å². The average molecular weight is 505 g/mol. The Morgan fingerprint density at radius 1 is 1.17 bits per heavy atom. The van der Waals surface area contributed by atoms with E-state index in [1.54, 1.807) is 14.2 Å². The van der Waals surface area contributed by atoms with Crippen LogP contribution in [0.1, 0.15) is 49.3 Å². The lowest BCUT2D eigenvalue weighted by molar-refractivity contribution is -0.107. The van der Waals surface area contributed by atoms with Crippen LogP contribution in [-0.2, 0) is 11.4 Å². The van der Waals surface area contributed by atoms with E-state index in [0.717, 1.165) is 42.5 Å². The summed E-state index contributed by atoms with van der Waals surface area (Å²) in [5.74, 6) is 2.18. The fourth-order valence-electron chi connectivity index (χ4n) is 4.69. The van der Waals surface area contributed by atoms with Crippen molar-refractivity contribution < 1.29 is 24.1 Å². The maximum atomic E-state index is 10.8. The van der Waals surface area contributed by atoms with Gasteiger partial charge in [-0.1, -0.05) is 18.2 Å². The van der Waals surface area contributed by atoms with E-state index in [9.17, 15) is 9.90 Å². The zero-order valence-corrected chi connectivity index (χ0v) is 21.4. The van der Waals surface area contributed by atoms with E-state index in [-0.39, 0.29) is 18.0 Å². The number of aldehydes is 1. The molecule has 1 heterocycles. The third kappa shape index (κ3) is 7.10. The normalized spacial score (nSPS) is 22.5.